The Labute approximate surface area is 106 Å². The lowest BCUT2D eigenvalue weighted by molar-refractivity contribution is 0.0361. The zero-order valence-electron chi connectivity index (χ0n) is 11.5. The molecule has 6 atom stereocenters. The molecule has 94 valence electrons. The summed E-state index contributed by atoms with van der Waals surface area (Å²) >= 11 is 0. The zero-order chi connectivity index (χ0) is 12.1. The third kappa shape index (κ3) is 1.10. The van der Waals surface area contributed by atoms with E-state index in [2.05, 4.69) is 38.7 Å². The molecule has 17 heavy (non-hydrogen) atoms. The van der Waals surface area contributed by atoms with E-state index in [4.69, 9.17) is 4.43 Å². The standard InChI is InChI=1S/C15H24OSi/c1-14-9-15(14,16-17(2,3)4)13-8-12(14)10-6-5-7-11(10)13/h5,7,10-13H,6,8-9H2,1-4H3/t10-,11+,12-,13+,14-,15-/m0/s1. The Bertz CT molecular complexity index is 410. The SMILES string of the molecule is C[C@@]12C[C@]1(O[Si](C)(C)C)[C@@H]1C[C@H]2[C@H]2CC=C[C@H]21. The number of rotatable bonds is 2. The fraction of sp³-hybridized carbons (Fsp3) is 0.867. The van der Waals surface area contributed by atoms with Crippen molar-refractivity contribution >= 4 is 8.32 Å². The van der Waals surface area contributed by atoms with E-state index in [0.717, 1.165) is 23.7 Å². The fourth-order valence-electron chi connectivity index (χ4n) is 5.67. The Morgan fingerprint density at radius 2 is 2.00 bits per heavy atom. The maximum absolute atomic E-state index is 6.71. The summed E-state index contributed by atoms with van der Waals surface area (Å²) in [5.74, 6) is 3.66. The topological polar surface area (TPSA) is 9.23 Å². The van der Waals surface area contributed by atoms with Gasteiger partial charge in [0.05, 0.1) is 5.60 Å². The molecule has 0 saturated heterocycles. The van der Waals surface area contributed by atoms with Gasteiger partial charge in [0, 0.05) is 5.41 Å². The maximum atomic E-state index is 6.71. The Morgan fingerprint density at radius 1 is 1.24 bits per heavy atom. The molecule has 0 amide bonds. The van der Waals surface area contributed by atoms with Crippen molar-refractivity contribution in [2.75, 3.05) is 0 Å². The van der Waals surface area contributed by atoms with Crippen molar-refractivity contribution in [3.8, 4) is 0 Å². The predicted octanol–water partition coefficient (Wildman–Crippen LogP) is 3.83. The molecule has 0 aromatic carbocycles. The van der Waals surface area contributed by atoms with Crippen LogP contribution < -0.4 is 0 Å². The van der Waals surface area contributed by atoms with E-state index < -0.39 is 8.32 Å². The minimum Gasteiger partial charge on any atom is -0.411 e. The minimum atomic E-state index is -1.41. The molecule has 0 heterocycles. The van der Waals surface area contributed by atoms with Crippen molar-refractivity contribution in [1.29, 1.82) is 0 Å². The first kappa shape index (κ1) is 10.8. The molecule has 4 aliphatic carbocycles. The normalized spacial score (nSPS) is 58.4. The Balaban J connectivity index is 1.70. The van der Waals surface area contributed by atoms with Gasteiger partial charge < -0.3 is 4.43 Å². The molecule has 0 N–H and O–H groups in total. The van der Waals surface area contributed by atoms with E-state index in [1.165, 1.54) is 19.3 Å². The molecular weight excluding hydrogens is 224 g/mol. The summed E-state index contributed by atoms with van der Waals surface area (Å²) in [4.78, 5) is 0. The molecule has 3 saturated carbocycles. The minimum absolute atomic E-state index is 0.304. The summed E-state index contributed by atoms with van der Waals surface area (Å²) < 4.78 is 6.71. The molecular formula is C15H24OSi. The third-order valence-electron chi connectivity index (χ3n) is 6.13. The summed E-state index contributed by atoms with van der Waals surface area (Å²) in [6.07, 6.45) is 9.12. The molecule has 0 radical (unpaired) electrons. The summed E-state index contributed by atoms with van der Waals surface area (Å²) in [5.41, 5.74) is 0.850. The molecule has 0 aromatic heterocycles. The first-order valence-electron chi connectivity index (χ1n) is 7.24. The Kier molecular flexibility index (Phi) is 1.74. The van der Waals surface area contributed by atoms with E-state index in [1.807, 2.05) is 0 Å². The van der Waals surface area contributed by atoms with Gasteiger partial charge in [-0.05, 0) is 62.6 Å². The summed E-state index contributed by atoms with van der Waals surface area (Å²) in [6, 6.07) is 0. The molecule has 0 aliphatic heterocycles. The largest absolute Gasteiger partial charge is 0.411 e. The van der Waals surface area contributed by atoms with Gasteiger partial charge in [0.15, 0.2) is 8.32 Å². The monoisotopic (exact) mass is 248 g/mol. The molecule has 0 spiro atoms. The number of fused-ring (bicyclic) bond motifs is 8. The van der Waals surface area contributed by atoms with E-state index in [0.29, 0.717) is 11.0 Å². The molecule has 0 unspecified atom stereocenters. The molecule has 2 heteroatoms. The second-order valence-corrected chi connectivity index (χ2v) is 12.5. The lowest BCUT2D eigenvalue weighted by atomic mass is 9.74. The van der Waals surface area contributed by atoms with E-state index >= 15 is 0 Å². The molecule has 3 fully saturated rings. The number of hydrogen-bond acceptors (Lipinski definition) is 1. The average molecular weight is 248 g/mol. The van der Waals surface area contributed by atoms with Crippen molar-refractivity contribution in [3.05, 3.63) is 12.2 Å². The van der Waals surface area contributed by atoms with Gasteiger partial charge in [0.1, 0.15) is 0 Å². The smallest absolute Gasteiger partial charge is 0.184 e. The van der Waals surface area contributed by atoms with Crippen LogP contribution >= 0.6 is 0 Å². The number of allylic oxidation sites excluding steroid dienone is 2. The zero-order valence-corrected chi connectivity index (χ0v) is 12.5. The van der Waals surface area contributed by atoms with Crippen molar-refractivity contribution in [2.24, 2.45) is 29.1 Å². The first-order chi connectivity index (χ1) is 7.87. The van der Waals surface area contributed by atoms with Crippen LogP contribution in [0, 0.1) is 29.1 Å². The highest BCUT2D eigenvalue weighted by Gasteiger charge is 2.82. The van der Waals surface area contributed by atoms with Gasteiger partial charge in [-0.2, -0.15) is 0 Å². The second kappa shape index (κ2) is 2.75. The summed E-state index contributed by atoms with van der Waals surface area (Å²) in [7, 11) is -1.41. The first-order valence-corrected chi connectivity index (χ1v) is 10.7. The molecule has 0 aromatic rings. The third-order valence-corrected chi connectivity index (χ3v) is 7.10. The van der Waals surface area contributed by atoms with Crippen LogP contribution in [0.3, 0.4) is 0 Å². The average Bonchev–Trinajstić information content (AvgIpc) is 2.53. The summed E-state index contributed by atoms with van der Waals surface area (Å²) in [5, 5.41) is 0. The molecule has 4 rings (SSSR count). The van der Waals surface area contributed by atoms with Crippen LogP contribution in [0.25, 0.3) is 0 Å². The summed E-state index contributed by atoms with van der Waals surface area (Å²) in [6.45, 7) is 9.59. The van der Waals surface area contributed by atoms with Gasteiger partial charge >= 0.3 is 0 Å². The van der Waals surface area contributed by atoms with Gasteiger partial charge in [-0.3, -0.25) is 0 Å². The Morgan fingerprint density at radius 3 is 2.71 bits per heavy atom. The van der Waals surface area contributed by atoms with Gasteiger partial charge in [0.25, 0.3) is 0 Å². The molecule has 4 aliphatic rings. The van der Waals surface area contributed by atoms with E-state index in [1.54, 1.807) is 0 Å². The van der Waals surface area contributed by atoms with Crippen LogP contribution in [0.1, 0.15) is 26.2 Å². The van der Waals surface area contributed by atoms with Gasteiger partial charge in [-0.25, -0.2) is 0 Å². The quantitative estimate of drug-likeness (QED) is 0.533. The van der Waals surface area contributed by atoms with E-state index in [-0.39, 0.29) is 0 Å². The lowest BCUT2D eigenvalue weighted by Crippen LogP contribution is -2.43. The van der Waals surface area contributed by atoms with E-state index in [9.17, 15) is 0 Å². The lowest BCUT2D eigenvalue weighted by Gasteiger charge is -2.39. The van der Waals surface area contributed by atoms with Crippen molar-refractivity contribution in [1.82, 2.24) is 0 Å². The second-order valence-electron chi connectivity index (χ2n) is 8.05. The highest BCUT2D eigenvalue weighted by atomic mass is 28.4. The highest BCUT2D eigenvalue weighted by Crippen LogP contribution is 2.82. The van der Waals surface area contributed by atoms with Gasteiger partial charge in [-0.15, -0.1) is 0 Å². The van der Waals surface area contributed by atoms with Crippen molar-refractivity contribution < 1.29 is 4.43 Å². The van der Waals surface area contributed by atoms with Gasteiger partial charge in [0.2, 0.25) is 0 Å². The van der Waals surface area contributed by atoms with Crippen LogP contribution in [0.2, 0.25) is 19.6 Å². The van der Waals surface area contributed by atoms with Crippen LogP contribution in [0.5, 0.6) is 0 Å². The van der Waals surface area contributed by atoms with Crippen molar-refractivity contribution in [3.63, 3.8) is 0 Å². The van der Waals surface area contributed by atoms with Crippen LogP contribution in [0.15, 0.2) is 12.2 Å². The van der Waals surface area contributed by atoms with Crippen LogP contribution in [0.4, 0.5) is 0 Å². The van der Waals surface area contributed by atoms with Crippen LogP contribution in [-0.2, 0) is 4.43 Å². The maximum Gasteiger partial charge on any atom is 0.184 e. The predicted molar refractivity (Wildman–Crippen MR) is 72.2 cm³/mol. The fourth-order valence-corrected chi connectivity index (χ4v) is 7.22. The highest BCUT2D eigenvalue weighted by molar-refractivity contribution is 6.69. The molecule has 1 nitrogen and oxygen atoms in total. The van der Waals surface area contributed by atoms with Crippen molar-refractivity contribution in [2.45, 2.75) is 51.4 Å². The Hall–Kier alpha value is -0.0831. The number of hydrogen-bond donors (Lipinski definition) is 0. The van der Waals surface area contributed by atoms with Gasteiger partial charge in [-0.1, -0.05) is 19.1 Å². The van der Waals surface area contributed by atoms with Crippen LogP contribution in [-0.4, -0.2) is 13.9 Å². The molecule has 2 bridgehead atoms.